The Bertz CT molecular complexity index is 626. The monoisotopic (exact) mass is 289 g/mol. The summed E-state index contributed by atoms with van der Waals surface area (Å²) in [6.45, 7) is -0.628. The first-order chi connectivity index (χ1) is 9.36. The fourth-order valence-corrected chi connectivity index (χ4v) is 1.22. The average molecular weight is 289 g/mol. The van der Waals surface area contributed by atoms with Gasteiger partial charge in [-0.15, -0.1) is 0 Å². The number of hydrogen-bond acceptors (Lipinski definition) is 6. The van der Waals surface area contributed by atoms with Crippen LogP contribution < -0.4 is 4.74 Å². The minimum Gasteiger partial charge on any atom is -0.479 e. The Labute approximate surface area is 109 Å². The van der Waals surface area contributed by atoms with Crippen molar-refractivity contribution in [3.05, 3.63) is 24.2 Å². The molecule has 0 amide bonds. The molecule has 0 aliphatic rings. The van der Waals surface area contributed by atoms with Crippen LogP contribution in [0.5, 0.6) is 5.88 Å². The Kier molecular flexibility index (Phi) is 3.55. The van der Waals surface area contributed by atoms with Crippen molar-refractivity contribution in [3.63, 3.8) is 0 Å². The molecule has 0 saturated carbocycles. The van der Waals surface area contributed by atoms with Gasteiger partial charge in [-0.1, -0.05) is 5.16 Å². The van der Waals surface area contributed by atoms with Crippen LogP contribution in [0.3, 0.4) is 0 Å². The summed E-state index contributed by atoms with van der Waals surface area (Å²) < 4.78 is 45.8. The number of carboxylic acid groups (broad SMARTS) is 1. The number of aliphatic carboxylic acids is 1. The molecular formula is C10H6F3N3O4. The molecule has 2 aromatic heterocycles. The number of ether oxygens (including phenoxy) is 1. The summed E-state index contributed by atoms with van der Waals surface area (Å²) in [6.07, 6.45) is -3.52. The number of rotatable bonds is 4. The highest BCUT2D eigenvalue weighted by atomic mass is 19.4. The van der Waals surface area contributed by atoms with Gasteiger partial charge < -0.3 is 14.4 Å². The molecule has 0 unspecified atom stereocenters. The van der Waals surface area contributed by atoms with Gasteiger partial charge in [0.05, 0.1) is 0 Å². The molecule has 0 aromatic carbocycles. The number of pyridine rings is 1. The molecule has 2 rings (SSSR count). The van der Waals surface area contributed by atoms with E-state index in [-0.39, 0.29) is 17.3 Å². The maximum atomic E-state index is 12.3. The lowest BCUT2D eigenvalue weighted by Crippen LogP contribution is -2.10. The highest BCUT2D eigenvalue weighted by molar-refractivity contribution is 5.68. The Morgan fingerprint density at radius 3 is 2.80 bits per heavy atom. The van der Waals surface area contributed by atoms with Crippen molar-refractivity contribution in [1.82, 2.24) is 15.1 Å². The molecule has 0 spiro atoms. The summed E-state index contributed by atoms with van der Waals surface area (Å²) >= 11 is 0. The third-order valence-electron chi connectivity index (χ3n) is 2.01. The van der Waals surface area contributed by atoms with E-state index >= 15 is 0 Å². The minimum absolute atomic E-state index is 0.0803. The standard InChI is InChI=1S/C10H6F3N3O4/c11-10(12,13)9-15-8(16-20-9)5-1-2-14-6(3-5)19-4-7(17)18/h1-3H,4H2,(H,17,18). The van der Waals surface area contributed by atoms with Crippen LogP contribution in [0.15, 0.2) is 22.9 Å². The van der Waals surface area contributed by atoms with Crippen molar-refractivity contribution in [3.8, 4) is 17.3 Å². The fraction of sp³-hybridized carbons (Fsp3) is 0.200. The summed E-state index contributed by atoms with van der Waals surface area (Å²) in [6, 6.07) is 2.53. The summed E-state index contributed by atoms with van der Waals surface area (Å²) in [7, 11) is 0. The van der Waals surface area contributed by atoms with Gasteiger partial charge in [0.2, 0.25) is 11.7 Å². The van der Waals surface area contributed by atoms with Gasteiger partial charge in [0, 0.05) is 17.8 Å². The Balaban J connectivity index is 2.22. The number of carbonyl (C=O) groups is 1. The Hall–Kier alpha value is -2.65. The van der Waals surface area contributed by atoms with Crippen molar-refractivity contribution in [2.24, 2.45) is 0 Å². The van der Waals surface area contributed by atoms with Crippen LogP contribution in [0.2, 0.25) is 0 Å². The molecule has 2 heterocycles. The van der Waals surface area contributed by atoms with Crippen LogP contribution in [-0.2, 0) is 11.0 Å². The average Bonchev–Trinajstić information content (AvgIpc) is 2.86. The lowest BCUT2D eigenvalue weighted by atomic mass is 10.2. The molecular weight excluding hydrogens is 283 g/mol. The van der Waals surface area contributed by atoms with E-state index in [1.165, 1.54) is 18.3 Å². The van der Waals surface area contributed by atoms with Gasteiger partial charge >= 0.3 is 18.0 Å². The number of nitrogens with zero attached hydrogens (tertiary/aromatic N) is 3. The molecule has 10 heteroatoms. The zero-order valence-corrected chi connectivity index (χ0v) is 9.59. The van der Waals surface area contributed by atoms with Gasteiger partial charge in [-0.25, -0.2) is 9.78 Å². The lowest BCUT2D eigenvalue weighted by Gasteiger charge is -2.02. The van der Waals surface area contributed by atoms with Crippen LogP contribution in [0.1, 0.15) is 5.89 Å². The van der Waals surface area contributed by atoms with Crippen molar-refractivity contribution in [1.29, 1.82) is 0 Å². The summed E-state index contributed by atoms with van der Waals surface area (Å²) in [5, 5.41) is 11.6. The maximum Gasteiger partial charge on any atom is 0.471 e. The molecule has 7 nitrogen and oxygen atoms in total. The van der Waals surface area contributed by atoms with Crippen LogP contribution in [0, 0.1) is 0 Å². The molecule has 20 heavy (non-hydrogen) atoms. The van der Waals surface area contributed by atoms with Gasteiger partial charge in [0.1, 0.15) is 0 Å². The van der Waals surface area contributed by atoms with Crippen molar-refractivity contribution >= 4 is 5.97 Å². The molecule has 0 fully saturated rings. The molecule has 0 aliphatic carbocycles. The van der Waals surface area contributed by atoms with Crippen LogP contribution in [0.4, 0.5) is 13.2 Å². The zero-order valence-electron chi connectivity index (χ0n) is 9.59. The van der Waals surface area contributed by atoms with Gasteiger partial charge in [-0.2, -0.15) is 18.2 Å². The lowest BCUT2D eigenvalue weighted by molar-refractivity contribution is -0.159. The van der Waals surface area contributed by atoms with E-state index in [1.807, 2.05) is 0 Å². The first kappa shape index (κ1) is 13.8. The second-order valence-corrected chi connectivity index (χ2v) is 3.49. The van der Waals surface area contributed by atoms with Gasteiger partial charge in [0.15, 0.2) is 6.61 Å². The van der Waals surface area contributed by atoms with E-state index in [9.17, 15) is 18.0 Å². The third-order valence-corrected chi connectivity index (χ3v) is 2.01. The summed E-state index contributed by atoms with van der Waals surface area (Å²) in [4.78, 5) is 17.2. The SMILES string of the molecule is O=C(O)COc1cc(-c2noc(C(F)(F)F)n2)ccn1. The van der Waals surface area contributed by atoms with Crippen LogP contribution >= 0.6 is 0 Å². The van der Waals surface area contributed by atoms with Crippen molar-refractivity contribution in [2.45, 2.75) is 6.18 Å². The zero-order chi connectivity index (χ0) is 14.8. The fourth-order valence-electron chi connectivity index (χ4n) is 1.22. The van der Waals surface area contributed by atoms with E-state index < -0.39 is 24.6 Å². The molecule has 0 radical (unpaired) electrons. The Morgan fingerprint density at radius 1 is 1.45 bits per heavy atom. The number of aromatic nitrogens is 3. The minimum atomic E-state index is -4.74. The first-order valence-corrected chi connectivity index (χ1v) is 5.08. The summed E-state index contributed by atoms with van der Waals surface area (Å²) in [5.74, 6) is -3.07. The smallest absolute Gasteiger partial charge is 0.471 e. The third kappa shape index (κ3) is 3.22. The van der Waals surface area contributed by atoms with Gasteiger partial charge in [0.25, 0.3) is 0 Å². The predicted octanol–water partition coefficient (Wildman–Crippen LogP) is 1.61. The Morgan fingerprint density at radius 2 is 2.20 bits per heavy atom. The second kappa shape index (κ2) is 5.15. The summed E-state index contributed by atoms with van der Waals surface area (Å²) in [5.41, 5.74) is 0.152. The van der Waals surface area contributed by atoms with E-state index in [1.54, 1.807) is 0 Å². The largest absolute Gasteiger partial charge is 0.479 e. The van der Waals surface area contributed by atoms with Gasteiger partial charge in [-0.3, -0.25) is 0 Å². The predicted molar refractivity (Wildman–Crippen MR) is 55.7 cm³/mol. The number of hydrogen-bond donors (Lipinski definition) is 1. The molecule has 2 aromatic rings. The van der Waals surface area contributed by atoms with Crippen molar-refractivity contribution < 1.29 is 32.3 Å². The number of halogens is 3. The molecule has 1 N–H and O–H groups in total. The number of carboxylic acids is 1. The van der Waals surface area contributed by atoms with E-state index in [2.05, 4.69) is 19.6 Å². The van der Waals surface area contributed by atoms with Gasteiger partial charge in [-0.05, 0) is 6.07 Å². The first-order valence-electron chi connectivity index (χ1n) is 5.08. The van der Waals surface area contributed by atoms with E-state index in [4.69, 9.17) is 9.84 Å². The molecule has 0 aliphatic heterocycles. The van der Waals surface area contributed by atoms with E-state index in [0.29, 0.717) is 0 Å². The van der Waals surface area contributed by atoms with Crippen molar-refractivity contribution in [2.75, 3.05) is 6.61 Å². The second-order valence-electron chi connectivity index (χ2n) is 3.49. The molecule has 0 saturated heterocycles. The van der Waals surface area contributed by atoms with Crippen LogP contribution in [-0.4, -0.2) is 32.8 Å². The van der Waals surface area contributed by atoms with Crippen LogP contribution in [0.25, 0.3) is 11.4 Å². The number of alkyl halides is 3. The topological polar surface area (TPSA) is 98.3 Å². The molecule has 106 valence electrons. The molecule has 0 bridgehead atoms. The quantitative estimate of drug-likeness (QED) is 0.912. The van der Waals surface area contributed by atoms with E-state index in [0.717, 1.165) is 0 Å². The highest BCUT2D eigenvalue weighted by Gasteiger charge is 2.38. The maximum absolute atomic E-state index is 12.3. The molecule has 0 atom stereocenters. The normalized spacial score (nSPS) is 11.3. The highest BCUT2D eigenvalue weighted by Crippen LogP contribution is 2.29.